The Bertz CT molecular complexity index is 615. The van der Waals surface area contributed by atoms with Gasteiger partial charge in [-0.05, 0) is 60.4 Å². The smallest absolute Gasteiger partial charge is 0.138 e. The summed E-state index contributed by atoms with van der Waals surface area (Å²) in [6.45, 7) is 2.76. The third kappa shape index (κ3) is 4.26. The van der Waals surface area contributed by atoms with E-state index in [-0.39, 0.29) is 11.2 Å². The molecule has 0 saturated heterocycles. The fourth-order valence-corrected chi connectivity index (χ4v) is 3.48. The van der Waals surface area contributed by atoms with Crippen LogP contribution in [-0.2, 0) is 6.54 Å². The highest BCUT2D eigenvalue weighted by molar-refractivity contribution is 14.1. The summed E-state index contributed by atoms with van der Waals surface area (Å²) in [5, 5.41) is -0.177. The SMILES string of the molecule is CSCCCCCn1c(C(C)Cl)nc2cc(I)c(F)cc21. The standard InChI is InChI=1S/C15H19ClFIN2S/c1-10(16)15-19-13-9-12(18)11(17)8-14(13)20(15)6-4-3-5-7-21-2/h8-10H,3-7H2,1-2H3. The number of hydrogen-bond acceptors (Lipinski definition) is 2. The molecule has 1 aromatic heterocycles. The molecule has 2 aromatic rings. The fraction of sp³-hybridized carbons (Fsp3) is 0.533. The van der Waals surface area contributed by atoms with Gasteiger partial charge in [0.05, 0.1) is 20.0 Å². The number of nitrogens with zero attached hydrogens (tertiary/aromatic N) is 2. The number of alkyl halides is 1. The summed E-state index contributed by atoms with van der Waals surface area (Å²) in [4.78, 5) is 4.58. The molecule has 1 unspecified atom stereocenters. The van der Waals surface area contributed by atoms with Crippen molar-refractivity contribution in [2.75, 3.05) is 12.0 Å². The molecule has 0 aliphatic carbocycles. The van der Waals surface area contributed by atoms with Crippen LogP contribution in [0.1, 0.15) is 37.4 Å². The maximum atomic E-state index is 13.8. The van der Waals surface area contributed by atoms with Crippen molar-refractivity contribution in [3.05, 3.63) is 27.3 Å². The van der Waals surface area contributed by atoms with Crippen LogP contribution in [0.3, 0.4) is 0 Å². The molecule has 0 aliphatic rings. The Morgan fingerprint density at radius 2 is 2.14 bits per heavy atom. The van der Waals surface area contributed by atoms with Gasteiger partial charge in [-0.1, -0.05) is 6.42 Å². The summed E-state index contributed by atoms with van der Waals surface area (Å²) in [6.07, 6.45) is 5.58. The molecular formula is C15H19ClFIN2S. The Balaban J connectivity index is 2.26. The van der Waals surface area contributed by atoms with Gasteiger partial charge < -0.3 is 4.57 Å². The highest BCUT2D eigenvalue weighted by Gasteiger charge is 2.16. The van der Waals surface area contributed by atoms with Crippen LogP contribution >= 0.6 is 46.0 Å². The monoisotopic (exact) mass is 440 g/mol. The number of aromatic nitrogens is 2. The number of rotatable bonds is 7. The number of imidazole rings is 1. The van der Waals surface area contributed by atoms with Gasteiger partial charge in [-0.2, -0.15) is 11.8 Å². The van der Waals surface area contributed by atoms with Gasteiger partial charge in [0.25, 0.3) is 0 Å². The van der Waals surface area contributed by atoms with Crippen LogP contribution in [0, 0.1) is 9.39 Å². The number of halogens is 3. The minimum absolute atomic E-state index is 0.177. The highest BCUT2D eigenvalue weighted by Crippen LogP contribution is 2.27. The van der Waals surface area contributed by atoms with Crippen molar-refractivity contribution in [2.24, 2.45) is 0 Å². The predicted octanol–water partition coefficient (Wildman–Crippen LogP) is 5.61. The molecule has 0 saturated carbocycles. The van der Waals surface area contributed by atoms with Crippen LogP contribution in [0.15, 0.2) is 12.1 Å². The molecule has 2 rings (SSSR count). The summed E-state index contributed by atoms with van der Waals surface area (Å²) in [7, 11) is 0. The number of benzene rings is 1. The van der Waals surface area contributed by atoms with Gasteiger partial charge in [0, 0.05) is 12.6 Å². The molecule has 1 atom stereocenters. The van der Waals surface area contributed by atoms with Gasteiger partial charge in [-0.25, -0.2) is 9.37 Å². The van der Waals surface area contributed by atoms with Crippen molar-refractivity contribution < 1.29 is 4.39 Å². The Kier molecular flexibility index (Phi) is 6.62. The van der Waals surface area contributed by atoms with Crippen LogP contribution in [0.2, 0.25) is 0 Å². The van der Waals surface area contributed by atoms with E-state index in [2.05, 4.69) is 15.8 Å². The third-order valence-corrected chi connectivity index (χ3v) is 5.12. The molecule has 0 radical (unpaired) electrons. The highest BCUT2D eigenvalue weighted by atomic mass is 127. The second kappa shape index (κ2) is 8.02. The van der Waals surface area contributed by atoms with Gasteiger partial charge in [-0.3, -0.25) is 0 Å². The molecule has 116 valence electrons. The number of aryl methyl sites for hydroxylation is 1. The van der Waals surface area contributed by atoms with Crippen molar-refractivity contribution in [3.63, 3.8) is 0 Å². The van der Waals surface area contributed by atoms with Gasteiger partial charge in [0.1, 0.15) is 11.6 Å². The molecule has 6 heteroatoms. The first kappa shape index (κ1) is 17.3. The van der Waals surface area contributed by atoms with Crippen molar-refractivity contribution in [3.8, 4) is 0 Å². The van der Waals surface area contributed by atoms with Gasteiger partial charge in [0.15, 0.2) is 0 Å². The van der Waals surface area contributed by atoms with Crippen molar-refractivity contribution in [1.29, 1.82) is 0 Å². The molecule has 2 nitrogen and oxygen atoms in total. The van der Waals surface area contributed by atoms with Crippen molar-refractivity contribution >= 4 is 57.0 Å². The lowest BCUT2D eigenvalue weighted by molar-refractivity contribution is 0.589. The van der Waals surface area contributed by atoms with Crippen LogP contribution < -0.4 is 0 Å². The average molecular weight is 441 g/mol. The minimum Gasteiger partial charge on any atom is -0.327 e. The minimum atomic E-state index is -0.194. The van der Waals surface area contributed by atoms with E-state index in [4.69, 9.17) is 11.6 Å². The second-order valence-corrected chi connectivity index (χ2v) is 7.85. The maximum Gasteiger partial charge on any atom is 0.138 e. The van der Waals surface area contributed by atoms with Crippen molar-refractivity contribution in [1.82, 2.24) is 9.55 Å². The van der Waals surface area contributed by atoms with Crippen LogP contribution in [-0.4, -0.2) is 21.6 Å². The Morgan fingerprint density at radius 3 is 2.81 bits per heavy atom. The number of unbranched alkanes of at least 4 members (excludes halogenated alkanes) is 2. The number of thioether (sulfide) groups is 1. The molecule has 0 bridgehead atoms. The summed E-state index contributed by atoms with van der Waals surface area (Å²) in [5.41, 5.74) is 1.67. The van der Waals surface area contributed by atoms with Crippen LogP contribution in [0.25, 0.3) is 11.0 Å². The fourth-order valence-electron chi connectivity index (χ4n) is 2.37. The Morgan fingerprint density at radius 1 is 1.38 bits per heavy atom. The molecule has 0 N–H and O–H groups in total. The van der Waals surface area contributed by atoms with Gasteiger partial charge >= 0.3 is 0 Å². The second-order valence-electron chi connectivity index (χ2n) is 5.05. The van der Waals surface area contributed by atoms with E-state index in [9.17, 15) is 4.39 Å². The largest absolute Gasteiger partial charge is 0.327 e. The summed E-state index contributed by atoms with van der Waals surface area (Å²) < 4.78 is 16.5. The molecule has 0 fully saturated rings. The molecule has 0 spiro atoms. The topological polar surface area (TPSA) is 17.8 Å². The molecule has 1 heterocycles. The van der Waals surface area contributed by atoms with Gasteiger partial charge in [0.2, 0.25) is 0 Å². The normalized spacial score (nSPS) is 13.0. The van der Waals surface area contributed by atoms with E-state index in [1.165, 1.54) is 18.6 Å². The molecule has 0 aliphatic heterocycles. The molecule has 21 heavy (non-hydrogen) atoms. The first-order valence-corrected chi connectivity index (χ1v) is 9.93. The van der Waals surface area contributed by atoms with Crippen LogP contribution in [0.5, 0.6) is 0 Å². The maximum absolute atomic E-state index is 13.8. The lowest BCUT2D eigenvalue weighted by Gasteiger charge is -2.10. The number of hydrogen-bond donors (Lipinski definition) is 0. The quantitative estimate of drug-likeness (QED) is 0.316. The predicted molar refractivity (Wildman–Crippen MR) is 98.9 cm³/mol. The zero-order valence-corrected chi connectivity index (χ0v) is 15.9. The first-order valence-electron chi connectivity index (χ1n) is 7.02. The molecular weight excluding hydrogens is 422 g/mol. The Labute approximate surface area is 148 Å². The summed E-state index contributed by atoms with van der Waals surface area (Å²) in [5.74, 6) is 1.83. The zero-order chi connectivity index (χ0) is 15.4. The van der Waals surface area contributed by atoms with E-state index in [0.29, 0.717) is 3.57 Å². The van der Waals surface area contributed by atoms with Crippen LogP contribution in [0.4, 0.5) is 4.39 Å². The van der Waals surface area contributed by atoms with E-state index in [1.54, 1.807) is 12.1 Å². The number of fused-ring (bicyclic) bond motifs is 1. The first-order chi connectivity index (χ1) is 10.0. The summed E-state index contributed by atoms with van der Waals surface area (Å²) in [6, 6.07) is 3.37. The van der Waals surface area contributed by atoms with E-state index in [0.717, 1.165) is 29.8 Å². The molecule has 0 amide bonds. The van der Waals surface area contributed by atoms with Gasteiger partial charge in [-0.15, -0.1) is 11.6 Å². The van der Waals surface area contributed by atoms with E-state index < -0.39 is 0 Å². The zero-order valence-electron chi connectivity index (χ0n) is 12.2. The lowest BCUT2D eigenvalue weighted by atomic mass is 10.2. The Hall–Kier alpha value is -0.0100. The van der Waals surface area contributed by atoms with Crippen molar-refractivity contribution in [2.45, 2.75) is 38.1 Å². The average Bonchev–Trinajstić information content (AvgIpc) is 2.77. The summed E-state index contributed by atoms with van der Waals surface area (Å²) >= 11 is 10.1. The lowest BCUT2D eigenvalue weighted by Crippen LogP contribution is -2.05. The van der Waals surface area contributed by atoms with E-state index >= 15 is 0 Å². The van der Waals surface area contributed by atoms with E-state index in [1.807, 2.05) is 41.3 Å². The third-order valence-electron chi connectivity index (χ3n) is 3.41. The molecule has 1 aromatic carbocycles.